The molecule has 1 unspecified atom stereocenters. The number of nitrogens with two attached hydrogens (primary N) is 1. The number of nitrogens with zero attached hydrogens (tertiary/aromatic N) is 1. The summed E-state index contributed by atoms with van der Waals surface area (Å²) in [6, 6.07) is 8.83. The number of rotatable bonds is 8. The molecule has 2 aromatic rings. The van der Waals surface area contributed by atoms with E-state index in [9.17, 15) is 22.8 Å². The number of benzene rings is 2. The summed E-state index contributed by atoms with van der Waals surface area (Å²) in [4.78, 5) is 25.0. The van der Waals surface area contributed by atoms with Crippen LogP contribution in [-0.2, 0) is 9.59 Å². The molecular weight excluding hydrogens is 377 g/mol. The standard InChI is InChI=1S/C19H19F3N2O2S/c1-12(19-15(21)3-2-4-16(19)22)27-11-18(26)24(10-9-17(23)25)14-7-5-13(20)6-8-14/h2-8,12H,9-11H2,1H3,(H2,23,25). The average molecular weight is 396 g/mol. The van der Waals surface area contributed by atoms with Crippen LogP contribution in [0.3, 0.4) is 0 Å². The summed E-state index contributed by atoms with van der Waals surface area (Å²) in [6.45, 7) is 1.63. The molecule has 0 aliphatic carbocycles. The number of primary amides is 1. The topological polar surface area (TPSA) is 63.4 Å². The molecule has 4 nitrogen and oxygen atoms in total. The fourth-order valence-electron chi connectivity index (χ4n) is 2.50. The Morgan fingerprint density at radius 1 is 1.07 bits per heavy atom. The van der Waals surface area contributed by atoms with Crippen LogP contribution in [0.4, 0.5) is 18.9 Å². The first-order valence-electron chi connectivity index (χ1n) is 8.19. The molecule has 2 N–H and O–H groups in total. The van der Waals surface area contributed by atoms with Gasteiger partial charge in [0.15, 0.2) is 0 Å². The molecule has 0 saturated heterocycles. The number of amides is 2. The fourth-order valence-corrected chi connectivity index (χ4v) is 3.44. The summed E-state index contributed by atoms with van der Waals surface area (Å²) in [6.07, 6.45) is -0.0642. The van der Waals surface area contributed by atoms with Crippen molar-refractivity contribution < 1.29 is 22.8 Å². The van der Waals surface area contributed by atoms with Crippen LogP contribution in [0.1, 0.15) is 24.2 Å². The third-order valence-corrected chi connectivity index (χ3v) is 5.03. The summed E-state index contributed by atoms with van der Waals surface area (Å²) in [5, 5.41) is -0.596. The molecule has 0 saturated carbocycles. The van der Waals surface area contributed by atoms with E-state index in [0.717, 1.165) is 23.9 Å². The van der Waals surface area contributed by atoms with E-state index in [0.29, 0.717) is 5.69 Å². The monoisotopic (exact) mass is 396 g/mol. The molecule has 2 rings (SSSR count). The molecule has 0 aromatic heterocycles. The second-order valence-electron chi connectivity index (χ2n) is 5.83. The van der Waals surface area contributed by atoms with Crippen molar-refractivity contribution >= 4 is 29.3 Å². The Morgan fingerprint density at radius 3 is 2.22 bits per heavy atom. The Hall–Kier alpha value is -2.48. The highest BCUT2D eigenvalue weighted by Crippen LogP contribution is 2.32. The molecule has 2 amide bonds. The number of hydrogen-bond donors (Lipinski definition) is 1. The highest BCUT2D eigenvalue weighted by molar-refractivity contribution is 8.00. The predicted octanol–water partition coefficient (Wildman–Crippen LogP) is 3.81. The lowest BCUT2D eigenvalue weighted by Gasteiger charge is -2.23. The summed E-state index contributed by atoms with van der Waals surface area (Å²) < 4.78 is 40.9. The van der Waals surface area contributed by atoms with Gasteiger partial charge in [-0.05, 0) is 43.3 Å². The van der Waals surface area contributed by atoms with Crippen LogP contribution in [-0.4, -0.2) is 24.1 Å². The van der Waals surface area contributed by atoms with Gasteiger partial charge in [-0.2, -0.15) is 0 Å². The van der Waals surface area contributed by atoms with Crippen molar-refractivity contribution in [3.8, 4) is 0 Å². The van der Waals surface area contributed by atoms with Gasteiger partial charge in [0.25, 0.3) is 0 Å². The Morgan fingerprint density at radius 2 is 1.67 bits per heavy atom. The maximum absolute atomic E-state index is 13.9. The molecule has 8 heteroatoms. The zero-order chi connectivity index (χ0) is 20.0. The van der Waals surface area contributed by atoms with E-state index in [4.69, 9.17) is 5.73 Å². The highest BCUT2D eigenvalue weighted by atomic mass is 32.2. The molecule has 2 aromatic carbocycles. The van der Waals surface area contributed by atoms with Gasteiger partial charge >= 0.3 is 0 Å². The molecule has 0 heterocycles. The van der Waals surface area contributed by atoms with Gasteiger partial charge in [0.2, 0.25) is 11.8 Å². The number of halogens is 3. The Labute approximate surface area is 159 Å². The van der Waals surface area contributed by atoms with Crippen LogP contribution < -0.4 is 10.6 Å². The lowest BCUT2D eigenvalue weighted by molar-refractivity contribution is -0.118. The quantitative estimate of drug-likeness (QED) is 0.738. The molecule has 0 aliphatic rings. The number of carbonyl (C=O) groups is 2. The van der Waals surface area contributed by atoms with Crippen molar-refractivity contribution in [2.24, 2.45) is 5.73 Å². The minimum absolute atomic E-state index is 0.0306. The van der Waals surface area contributed by atoms with Gasteiger partial charge in [0, 0.05) is 29.5 Å². The lowest BCUT2D eigenvalue weighted by Crippen LogP contribution is -2.35. The van der Waals surface area contributed by atoms with E-state index in [2.05, 4.69) is 0 Å². The van der Waals surface area contributed by atoms with Crippen molar-refractivity contribution in [2.75, 3.05) is 17.2 Å². The van der Waals surface area contributed by atoms with E-state index in [1.54, 1.807) is 6.92 Å². The van der Waals surface area contributed by atoms with Crippen LogP contribution in [0.25, 0.3) is 0 Å². The number of hydrogen-bond acceptors (Lipinski definition) is 3. The van der Waals surface area contributed by atoms with E-state index >= 15 is 0 Å². The van der Waals surface area contributed by atoms with E-state index in [1.807, 2.05) is 0 Å². The minimum Gasteiger partial charge on any atom is -0.370 e. The molecule has 1 atom stereocenters. The van der Waals surface area contributed by atoms with Gasteiger partial charge in [-0.25, -0.2) is 13.2 Å². The lowest BCUT2D eigenvalue weighted by atomic mass is 10.1. The largest absolute Gasteiger partial charge is 0.370 e. The molecule has 27 heavy (non-hydrogen) atoms. The van der Waals surface area contributed by atoms with E-state index < -0.39 is 28.6 Å². The minimum atomic E-state index is -0.674. The molecular formula is C19H19F3N2O2S. The SMILES string of the molecule is CC(SCC(=O)N(CCC(N)=O)c1ccc(F)cc1)c1c(F)cccc1F. The third kappa shape index (κ3) is 5.75. The Bertz CT molecular complexity index is 795. The number of anilines is 1. The van der Waals surface area contributed by atoms with Crippen molar-refractivity contribution in [3.05, 3.63) is 65.5 Å². The van der Waals surface area contributed by atoms with Crippen LogP contribution in [0, 0.1) is 17.5 Å². The summed E-state index contributed by atoms with van der Waals surface area (Å²) in [5.41, 5.74) is 5.46. The number of thioether (sulfide) groups is 1. The zero-order valence-corrected chi connectivity index (χ0v) is 15.4. The molecule has 0 spiro atoms. The summed E-state index contributed by atoms with van der Waals surface area (Å²) >= 11 is 1.06. The smallest absolute Gasteiger partial charge is 0.237 e. The maximum Gasteiger partial charge on any atom is 0.237 e. The Kier molecular flexibility index (Phi) is 7.29. The maximum atomic E-state index is 13.9. The van der Waals surface area contributed by atoms with Gasteiger partial charge in [-0.3, -0.25) is 9.59 Å². The number of carbonyl (C=O) groups excluding carboxylic acids is 2. The fraction of sp³-hybridized carbons (Fsp3) is 0.263. The third-order valence-electron chi connectivity index (χ3n) is 3.88. The highest BCUT2D eigenvalue weighted by Gasteiger charge is 2.21. The summed E-state index contributed by atoms with van der Waals surface area (Å²) in [5.74, 6) is -2.84. The zero-order valence-electron chi connectivity index (χ0n) is 14.6. The molecule has 144 valence electrons. The second-order valence-corrected chi connectivity index (χ2v) is 7.16. The van der Waals surface area contributed by atoms with Gasteiger partial charge in [0.1, 0.15) is 17.5 Å². The van der Waals surface area contributed by atoms with Crippen molar-refractivity contribution in [1.82, 2.24) is 0 Å². The van der Waals surface area contributed by atoms with Gasteiger partial charge in [-0.15, -0.1) is 11.8 Å². The van der Waals surface area contributed by atoms with E-state index in [-0.39, 0.29) is 30.2 Å². The van der Waals surface area contributed by atoms with Crippen LogP contribution >= 0.6 is 11.8 Å². The van der Waals surface area contributed by atoms with Crippen molar-refractivity contribution in [1.29, 1.82) is 0 Å². The van der Waals surface area contributed by atoms with Crippen molar-refractivity contribution in [3.63, 3.8) is 0 Å². The average Bonchev–Trinajstić information content (AvgIpc) is 2.61. The van der Waals surface area contributed by atoms with Crippen LogP contribution in [0.15, 0.2) is 42.5 Å². The van der Waals surface area contributed by atoms with Crippen LogP contribution in [0.5, 0.6) is 0 Å². The first-order valence-corrected chi connectivity index (χ1v) is 9.24. The molecule has 0 aliphatic heterocycles. The van der Waals surface area contributed by atoms with Crippen LogP contribution in [0.2, 0.25) is 0 Å². The van der Waals surface area contributed by atoms with E-state index in [1.165, 1.54) is 35.2 Å². The normalized spacial score (nSPS) is 11.9. The molecule has 0 radical (unpaired) electrons. The summed E-state index contributed by atoms with van der Waals surface area (Å²) in [7, 11) is 0. The van der Waals surface area contributed by atoms with Gasteiger partial charge < -0.3 is 10.6 Å². The van der Waals surface area contributed by atoms with Crippen molar-refractivity contribution in [2.45, 2.75) is 18.6 Å². The Balaban J connectivity index is 2.10. The van der Waals surface area contributed by atoms with Gasteiger partial charge in [0.05, 0.1) is 5.75 Å². The first kappa shape index (κ1) is 20.8. The molecule has 0 bridgehead atoms. The molecule has 0 fully saturated rings. The van der Waals surface area contributed by atoms with Gasteiger partial charge in [-0.1, -0.05) is 6.07 Å². The predicted molar refractivity (Wildman–Crippen MR) is 99.8 cm³/mol. The first-order chi connectivity index (χ1) is 12.8. The second kappa shape index (κ2) is 9.45.